The molecule has 21 heavy (non-hydrogen) atoms. The van der Waals surface area contributed by atoms with Crippen LogP contribution in [0.5, 0.6) is 0 Å². The molecule has 0 heterocycles. The fourth-order valence-corrected chi connectivity index (χ4v) is 3.30. The molecule has 0 amide bonds. The Bertz CT molecular complexity index is 439. The van der Waals surface area contributed by atoms with Crippen LogP contribution in [0.25, 0.3) is 0 Å². The number of hydrogen-bond acceptors (Lipinski definition) is 1. The van der Waals surface area contributed by atoms with Gasteiger partial charge < -0.3 is 5.32 Å². The predicted molar refractivity (Wildman–Crippen MR) is 83.3 cm³/mol. The van der Waals surface area contributed by atoms with Crippen LogP contribution in [0.3, 0.4) is 0 Å². The van der Waals surface area contributed by atoms with Gasteiger partial charge in [0, 0.05) is 11.6 Å². The van der Waals surface area contributed by atoms with Crippen LogP contribution < -0.4 is 5.32 Å². The van der Waals surface area contributed by atoms with Gasteiger partial charge in [-0.2, -0.15) is 0 Å². The first-order valence-corrected chi connectivity index (χ1v) is 8.03. The standard InChI is InChI=1S/C18H27F2N/c1-18(2,3)21-12-15(14-6-4-5-7-14)8-13-9-16(19)11-17(20)10-13/h9-11,14-15,21H,4-8,12H2,1-3H3. The molecule has 1 aromatic rings. The summed E-state index contributed by atoms with van der Waals surface area (Å²) in [7, 11) is 0. The first-order chi connectivity index (χ1) is 9.83. The van der Waals surface area contributed by atoms with Gasteiger partial charge in [0.05, 0.1) is 0 Å². The van der Waals surface area contributed by atoms with Crippen LogP contribution in [-0.4, -0.2) is 12.1 Å². The molecule has 1 aliphatic rings. The summed E-state index contributed by atoms with van der Waals surface area (Å²) in [6.45, 7) is 7.37. The Morgan fingerprint density at radius 3 is 2.19 bits per heavy atom. The van der Waals surface area contributed by atoms with Gasteiger partial charge in [-0.25, -0.2) is 8.78 Å². The van der Waals surface area contributed by atoms with E-state index in [0.29, 0.717) is 11.8 Å². The highest BCUT2D eigenvalue weighted by Crippen LogP contribution is 2.33. The lowest BCUT2D eigenvalue weighted by Gasteiger charge is -2.29. The van der Waals surface area contributed by atoms with Gasteiger partial charge >= 0.3 is 0 Å². The largest absolute Gasteiger partial charge is 0.312 e. The minimum absolute atomic E-state index is 0.0735. The van der Waals surface area contributed by atoms with Gasteiger partial charge in [0.25, 0.3) is 0 Å². The molecule has 118 valence electrons. The maximum atomic E-state index is 13.4. The highest BCUT2D eigenvalue weighted by atomic mass is 19.1. The third kappa shape index (κ3) is 5.39. The van der Waals surface area contributed by atoms with E-state index in [4.69, 9.17) is 0 Å². The van der Waals surface area contributed by atoms with Gasteiger partial charge in [0.1, 0.15) is 11.6 Å². The molecule has 1 nitrogen and oxygen atoms in total. The molecule has 1 fully saturated rings. The first kappa shape index (κ1) is 16.4. The third-order valence-electron chi connectivity index (χ3n) is 4.38. The quantitative estimate of drug-likeness (QED) is 0.830. The number of rotatable bonds is 5. The molecular weight excluding hydrogens is 268 g/mol. The van der Waals surface area contributed by atoms with Gasteiger partial charge in [-0.15, -0.1) is 0 Å². The molecule has 0 spiro atoms. The average molecular weight is 295 g/mol. The van der Waals surface area contributed by atoms with Crippen molar-refractivity contribution in [2.24, 2.45) is 11.8 Å². The van der Waals surface area contributed by atoms with Crippen LogP contribution in [-0.2, 0) is 6.42 Å². The molecule has 1 aromatic carbocycles. The Hall–Kier alpha value is -0.960. The Labute approximate surface area is 127 Å². The fourth-order valence-electron chi connectivity index (χ4n) is 3.30. The van der Waals surface area contributed by atoms with E-state index in [-0.39, 0.29) is 5.54 Å². The third-order valence-corrected chi connectivity index (χ3v) is 4.38. The molecule has 3 heteroatoms. The van der Waals surface area contributed by atoms with Crippen LogP contribution >= 0.6 is 0 Å². The van der Waals surface area contributed by atoms with E-state index in [1.165, 1.54) is 37.8 Å². The predicted octanol–water partition coefficient (Wildman–Crippen LogP) is 4.70. The fraction of sp³-hybridized carbons (Fsp3) is 0.667. The monoisotopic (exact) mass is 295 g/mol. The Kier molecular flexibility index (Phi) is 5.37. The Morgan fingerprint density at radius 2 is 1.67 bits per heavy atom. The molecule has 0 radical (unpaired) electrons. The van der Waals surface area contributed by atoms with Gasteiger partial charge in [-0.1, -0.05) is 25.7 Å². The Morgan fingerprint density at radius 1 is 1.10 bits per heavy atom. The first-order valence-electron chi connectivity index (χ1n) is 8.03. The van der Waals surface area contributed by atoms with Crippen LogP contribution in [0.1, 0.15) is 52.0 Å². The second-order valence-corrected chi connectivity index (χ2v) is 7.42. The molecule has 2 rings (SSSR count). The van der Waals surface area contributed by atoms with Crippen LogP contribution in [0.15, 0.2) is 18.2 Å². The lowest BCUT2D eigenvalue weighted by molar-refractivity contribution is 0.286. The van der Waals surface area contributed by atoms with E-state index in [1.54, 1.807) is 0 Å². The van der Waals surface area contributed by atoms with Gasteiger partial charge in [0.2, 0.25) is 0 Å². The van der Waals surface area contributed by atoms with Crippen molar-refractivity contribution >= 4 is 0 Å². The van der Waals surface area contributed by atoms with Crippen molar-refractivity contribution in [1.29, 1.82) is 0 Å². The average Bonchev–Trinajstić information content (AvgIpc) is 2.85. The highest BCUT2D eigenvalue weighted by Gasteiger charge is 2.26. The molecule has 0 aliphatic heterocycles. The van der Waals surface area contributed by atoms with E-state index in [0.717, 1.165) is 24.6 Å². The number of halogens is 2. The molecule has 1 atom stereocenters. The van der Waals surface area contributed by atoms with E-state index < -0.39 is 11.6 Å². The summed E-state index contributed by atoms with van der Waals surface area (Å²) >= 11 is 0. The van der Waals surface area contributed by atoms with Crippen LogP contribution in [0.4, 0.5) is 8.78 Å². The second-order valence-electron chi connectivity index (χ2n) is 7.42. The Balaban J connectivity index is 2.07. The van der Waals surface area contributed by atoms with Crippen molar-refractivity contribution in [3.05, 3.63) is 35.4 Å². The smallest absolute Gasteiger partial charge is 0.126 e. The van der Waals surface area contributed by atoms with Crippen LogP contribution in [0.2, 0.25) is 0 Å². The summed E-state index contributed by atoms with van der Waals surface area (Å²) in [6, 6.07) is 3.89. The van der Waals surface area contributed by atoms with Crippen LogP contribution in [0, 0.1) is 23.5 Å². The van der Waals surface area contributed by atoms with E-state index >= 15 is 0 Å². The SMILES string of the molecule is CC(C)(C)NCC(Cc1cc(F)cc(F)c1)C1CCCC1. The van der Waals surface area contributed by atoms with Crippen molar-refractivity contribution in [1.82, 2.24) is 5.32 Å². The van der Waals surface area contributed by atoms with E-state index in [9.17, 15) is 8.78 Å². The zero-order chi connectivity index (χ0) is 15.5. The molecule has 1 aliphatic carbocycles. The highest BCUT2D eigenvalue weighted by molar-refractivity contribution is 5.18. The summed E-state index contributed by atoms with van der Waals surface area (Å²) in [5.74, 6) is 0.178. The minimum Gasteiger partial charge on any atom is -0.312 e. The minimum atomic E-state index is -0.473. The van der Waals surface area contributed by atoms with Gasteiger partial charge in [-0.05, 0) is 63.3 Å². The summed E-state index contributed by atoms with van der Waals surface area (Å²) in [5.41, 5.74) is 0.851. The molecular formula is C18H27F2N. The number of hydrogen-bond donors (Lipinski definition) is 1. The molecule has 1 N–H and O–H groups in total. The van der Waals surface area contributed by atoms with Crippen molar-refractivity contribution < 1.29 is 8.78 Å². The normalized spacial score (nSPS) is 18.1. The van der Waals surface area contributed by atoms with Crippen molar-refractivity contribution in [2.75, 3.05) is 6.54 Å². The van der Waals surface area contributed by atoms with Crippen molar-refractivity contribution in [3.63, 3.8) is 0 Å². The molecule has 1 unspecified atom stereocenters. The molecule has 0 saturated heterocycles. The second kappa shape index (κ2) is 6.87. The molecule has 0 bridgehead atoms. The van der Waals surface area contributed by atoms with E-state index in [2.05, 4.69) is 26.1 Å². The molecule has 1 saturated carbocycles. The summed E-state index contributed by atoms with van der Waals surface area (Å²) < 4.78 is 26.8. The van der Waals surface area contributed by atoms with Gasteiger partial charge in [-0.3, -0.25) is 0 Å². The maximum Gasteiger partial charge on any atom is 0.126 e. The van der Waals surface area contributed by atoms with Crippen molar-refractivity contribution in [3.8, 4) is 0 Å². The number of benzene rings is 1. The van der Waals surface area contributed by atoms with Gasteiger partial charge in [0.15, 0.2) is 0 Å². The topological polar surface area (TPSA) is 12.0 Å². The summed E-state index contributed by atoms with van der Waals surface area (Å²) in [5, 5.41) is 3.56. The van der Waals surface area contributed by atoms with Crippen molar-refractivity contribution in [2.45, 2.75) is 58.4 Å². The summed E-state index contributed by atoms with van der Waals surface area (Å²) in [6.07, 6.45) is 5.81. The molecule has 0 aromatic heterocycles. The lowest BCUT2D eigenvalue weighted by atomic mass is 9.85. The lowest BCUT2D eigenvalue weighted by Crippen LogP contribution is -2.41. The summed E-state index contributed by atoms with van der Waals surface area (Å²) in [4.78, 5) is 0. The van der Waals surface area contributed by atoms with E-state index in [1.807, 2.05) is 0 Å². The zero-order valence-electron chi connectivity index (χ0n) is 13.4. The maximum absolute atomic E-state index is 13.4. The zero-order valence-corrected chi connectivity index (χ0v) is 13.4. The number of nitrogens with one attached hydrogen (secondary N) is 1.